The van der Waals surface area contributed by atoms with Crippen LogP contribution in [0.3, 0.4) is 0 Å². The van der Waals surface area contributed by atoms with Crippen molar-refractivity contribution in [2.75, 3.05) is 13.7 Å². The van der Waals surface area contributed by atoms with Gasteiger partial charge >= 0.3 is 18.6 Å². The second-order valence-corrected chi connectivity index (χ2v) is 6.68. The Kier molecular flexibility index (Phi) is 6.76. The van der Waals surface area contributed by atoms with Crippen molar-refractivity contribution in [2.45, 2.75) is 39.8 Å². The van der Waals surface area contributed by atoms with Gasteiger partial charge in [-0.2, -0.15) is 8.78 Å². The molecule has 2 rings (SSSR count). The summed E-state index contributed by atoms with van der Waals surface area (Å²) in [6.07, 6.45) is 0.690. The van der Waals surface area contributed by atoms with Gasteiger partial charge in [-0.3, -0.25) is 0 Å². The molecule has 1 atom stereocenters. The smallest absolute Gasteiger partial charge is 0.387 e. The Morgan fingerprint density at radius 3 is 2.59 bits per heavy atom. The summed E-state index contributed by atoms with van der Waals surface area (Å²) in [6.45, 7) is 2.83. The Balaban J connectivity index is 2.41. The van der Waals surface area contributed by atoms with E-state index in [1.165, 1.54) is 30.1 Å². The molecule has 1 aliphatic rings. The molecule has 1 aromatic carbocycles. The molecule has 148 valence electrons. The molecule has 27 heavy (non-hydrogen) atoms. The summed E-state index contributed by atoms with van der Waals surface area (Å²) < 4.78 is 35.4. The van der Waals surface area contributed by atoms with E-state index in [1.54, 1.807) is 13.0 Å². The second kappa shape index (κ2) is 8.83. The SMILES string of the molecule is CC1=C(C(=O)OCCC(C)C)C(c2ccccc2OC(F)F)NC(=O)N1C. The van der Waals surface area contributed by atoms with Crippen LogP contribution in [0.15, 0.2) is 35.5 Å². The van der Waals surface area contributed by atoms with E-state index in [-0.39, 0.29) is 23.5 Å². The molecule has 8 heteroatoms. The maximum Gasteiger partial charge on any atom is 0.387 e. The molecule has 2 amide bonds. The largest absolute Gasteiger partial charge is 0.462 e. The fourth-order valence-electron chi connectivity index (χ4n) is 2.72. The number of para-hydroxylation sites is 1. The molecule has 0 bridgehead atoms. The van der Waals surface area contributed by atoms with Crippen molar-refractivity contribution in [3.63, 3.8) is 0 Å². The number of allylic oxidation sites excluding steroid dienone is 1. The maximum atomic E-state index is 12.8. The van der Waals surface area contributed by atoms with E-state index in [2.05, 4.69) is 10.1 Å². The zero-order valence-electron chi connectivity index (χ0n) is 15.8. The summed E-state index contributed by atoms with van der Waals surface area (Å²) >= 11 is 0. The third-order valence-corrected chi connectivity index (χ3v) is 4.35. The quantitative estimate of drug-likeness (QED) is 0.728. The first kappa shape index (κ1) is 20.7. The Morgan fingerprint density at radius 2 is 1.96 bits per heavy atom. The predicted octanol–water partition coefficient (Wildman–Crippen LogP) is 3.85. The first-order valence-electron chi connectivity index (χ1n) is 8.68. The molecule has 1 aromatic rings. The minimum atomic E-state index is -3.03. The van der Waals surface area contributed by atoms with E-state index in [0.29, 0.717) is 18.0 Å². The highest BCUT2D eigenvalue weighted by Gasteiger charge is 2.36. The maximum absolute atomic E-state index is 12.8. The molecular formula is C19H24F2N2O4. The van der Waals surface area contributed by atoms with Crippen LogP contribution in [-0.2, 0) is 9.53 Å². The number of halogens is 2. The lowest BCUT2D eigenvalue weighted by Crippen LogP contribution is -2.46. The first-order valence-corrected chi connectivity index (χ1v) is 8.68. The van der Waals surface area contributed by atoms with Gasteiger partial charge in [0.15, 0.2) is 0 Å². The summed E-state index contributed by atoms with van der Waals surface area (Å²) in [4.78, 5) is 26.2. The van der Waals surface area contributed by atoms with Crippen molar-refractivity contribution in [1.82, 2.24) is 10.2 Å². The Bertz CT molecular complexity index is 734. The van der Waals surface area contributed by atoms with E-state index < -0.39 is 24.7 Å². The lowest BCUT2D eigenvalue weighted by Gasteiger charge is -2.33. The lowest BCUT2D eigenvalue weighted by molar-refractivity contribution is -0.140. The number of carbonyl (C=O) groups excluding carboxylic acids is 2. The topological polar surface area (TPSA) is 67.9 Å². The fourth-order valence-corrected chi connectivity index (χ4v) is 2.72. The summed E-state index contributed by atoms with van der Waals surface area (Å²) in [7, 11) is 1.52. The Labute approximate surface area is 157 Å². The minimum absolute atomic E-state index is 0.109. The van der Waals surface area contributed by atoms with Crippen LogP contribution in [0.1, 0.15) is 38.8 Å². The Morgan fingerprint density at radius 1 is 1.30 bits per heavy atom. The fraction of sp³-hybridized carbons (Fsp3) is 0.474. The highest BCUT2D eigenvalue weighted by atomic mass is 19.3. The van der Waals surface area contributed by atoms with E-state index >= 15 is 0 Å². The van der Waals surface area contributed by atoms with Crippen LogP contribution in [-0.4, -0.2) is 37.2 Å². The molecule has 6 nitrogen and oxygen atoms in total. The van der Waals surface area contributed by atoms with E-state index in [9.17, 15) is 18.4 Å². The van der Waals surface area contributed by atoms with Gasteiger partial charge in [0.2, 0.25) is 0 Å². The van der Waals surface area contributed by atoms with Crippen molar-refractivity contribution in [2.24, 2.45) is 5.92 Å². The van der Waals surface area contributed by atoms with Crippen molar-refractivity contribution < 1.29 is 27.8 Å². The van der Waals surface area contributed by atoms with E-state index in [1.807, 2.05) is 13.8 Å². The molecule has 0 aromatic heterocycles. The average molecular weight is 382 g/mol. The molecule has 0 aliphatic carbocycles. The molecule has 1 heterocycles. The summed E-state index contributed by atoms with van der Waals surface area (Å²) in [5, 5.41) is 2.66. The number of hydrogen-bond acceptors (Lipinski definition) is 4. The first-order chi connectivity index (χ1) is 12.7. The van der Waals surface area contributed by atoms with Crippen molar-refractivity contribution in [3.8, 4) is 5.75 Å². The van der Waals surface area contributed by atoms with Crippen LogP contribution in [0.25, 0.3) is 0 Å². The van der Waals surface area contributed by atoms with E-state index in [4.69, 9.17) is 4.74 Å². The van der Waals surface area contributed by atoms with Gasteiger partial charge < -0.3 is 19.7 Å². The number of urea groups is 1. The van der Waals surface area contributed by atoms with Crippen LogP contribution in [0.4, 0.5) is 13.6 Å². The summed E-state index contributed by atoms with van der Waals surface area (Å²) in [5.41, 5.74) is 0.839. The third kappa shape index (κ3) is 4.96. The molecular weight excluding hydrogens is 358 g/mol. The number of alkyl halides is 2. The second-order valence-electron chi connectivity index (χ2n) is 6.68. The van der Waals surface area contributed by atoms with Gasteiger partial charge in [0.1, 0.15) is 5.75 Å². The van der Waals surface area contributed by atoms with Gasteiger partial charge in [0, 0.05) is 18.3 Å². The highest BCUT2D eigenvalue weighted by Crippen LogP contribution is 2.36. The molecule has 0 saturated carbocycles. The Hall–Kier alpha value is -2.64. The number of hydrogen-bond donors (Lipinski definition) is 1. The van der Waals surface area contributed by atoms with Crippen molar-refractivity contribution in [3.05, 3.63) is 41.1 Å². The number of nitrogens with zero attached hydrogens (tertiary/aromatic N) is 1. The number of benzene rings is 1. The van der Waals surface area contributed by atoms with Crippen molar-refractivity contribution >= 4 is 12.0 Å². The van der Waals surface area contributed by atoms with Gasteiger partial charge in [0.05, 0.1) is 18.2 Å². The molecule has 0 saturated heterocycles. The van der Waals surface area contributed by atoms with Crippen LogP contribution < -0.4 is 10.1 Å². The standard InChI is InChI=1S/C19H24F2N2O4/c1-11(2)9-10-26-17(24)15-12(3)23(4)19(25)22-16(15)13-7-5-6-8-14(13)27-18(20)21/h5-8,11,16,18H,9-10H2,1-4H3,(H,22,25). The third-order valence-electron chi connectivity index (χ3n) is 4.35. The molecule has 0 spiro atoms. The van der Waals surface area contributed by atoms with Crippen LogP contribution in [0.5, 0.6) is 5.75 Å². The van der Waals surface area contributed by atoms with Gasteiger partial charge in [-0.05, 0) is 25.3 Å². The summed E-state index contributed by atoms with van der Waals surface area (Å²) in [6, 6.07) is 4.65. The molecule has 0 radical (unpaired) electrons. The monoisotopic (exact) mass is 382 g/mol. The molecule has 1 unspecified atom stereocenters. The number of carbonyl (C=O) groups is 2. The summed E-state index contributed by atoms with van der Waals surface area (Å²) in [5.74, 6) is -0.350. The molecule has 1 aliphatic heterocycles. The number of nitrogens with one attached hydrogen (secondary N) is 1. The number of amides is 2. The zero-order valence-corrected chi connectivity index (χ0v) is 15.8. The number of esters is 1. The highest BCUT2D eigenvalue weighted by molar-refractivity contribution is 5.95. The normalized spacial score (nSPS) is 17.4. The van der Waals surface area contributed by atoms with Crippen LogP contribution >= 0.6 is 0 Å². The average Bonchev–Trinajstić information content (AvgIpc) is 2.59. The lowest BCUT2D eigenvalue weighted by atomic mass is 9.94. The number of rotatable bonds is 7. The predicted molar refractivity (Wildman–Crippen MR) is 95.2 cm³/mol. The van der Waals surface area contributed by atoms with Crippen LogP contribution in [0, 0.1) is 5.92 Å². The number of ether oxygens (including phenoxy) is 2. The van der Waals surface area contributed by atoms with Crippen molar-refractivity contribution in [1.29, 1.82) is 0 Å². The molecule has 0 fully saturated rings. The van der Waals surface area contributed by atoms with Gasteiger partial charge in [-0.1, -0.05) is 32.0 Å². The van der Waals surface area contributed by atoms with Gasteiger partial charge in [-0.25, -0.2) is 9.59 Å². The van der Waals surface area contributed by atoms with Crippen LogP contribution in [0.2, 0.25) is 0 Å². The minimum Gasteiger partial charge on any atom is -0.462 e. The zero-order chi connectivity index (χ0) is 20.1. The van der Waals surface area contributed by atoms with E-state index in [0.717, 1.165) is 0 Å². The molecule has 1 N–H and O–H groups in total. The van der Waals surface area contributed by atoms with Gasteiger partial charge in [0.25, 0.3) is 0 Å². The van der Waals surface area contributed by atoms with Gasteiger partial charge in [-0.15, -0.1) is 0 Å².